The first-order valence-electron chi connectivity index (χ1n) is 5.71. The molecule has 0 bridgehead atoms. The second-order valence-electron chi connectivity index (χ2n) is 4.28. The van der Waals surface area contributed by atoms with Gasteiger partial charge in [-0.05, 0) is 39.1 Å². The van der Waals surface area contributed by atoms with E-state index in [1.54, 1.807) is 0 Å². The number of thiophene rings is 1. The van der Waals surface area contributed by atoms with E-state index in [1.807, 2.05) is 11.3 Å². The van der Waals surface area contributed by atoms with Crippen molar-refractivity contribution in [1.29, 1.82) is 0 Å². The molecule has 0 spiro atoms. The van der Waals surface area contributed by atoms with Gasteiger partial charge in [-0.2, -0.15) is 0 Å². The van der Waals surface area contributed by atoms with Crippen molar-refractivity contribution in [3.63, 3.8) is 0 Å². The van der Waals surface area contributed by atoms with E-state index in [1.165, 1.54) is 31.6 Å². The second kappa shape index (κ2) is 3.31. The maximum atomic E-state index is 2.23. The van der Waals surface area contributed by atoms with Crippen molar-refractivity contribution in [2.45, 2.75) is 0 Å². The van der Waals surface area contributed by atoms with Crippen LogP contribution >= 0.6 is 11.3 Å². The van der Waals surface area contributed by atoms with Gasteiger partial charge in [0.2, 0.25) is 0 Å². The largest absolute Gasteiger partial charge is 0.144 e. The van der Waals surface area contributed by atoms with E-state index >= 15 is 0 Å². The van der Waals surface area contributed by atoms with Gasteiger partial charge >= 0.3 is 0 Å². The zero-order valence-corrected chi connectivity index (χ0v) is 10.00. The molecule has 0 saturated heterocycles. The summed E-state index contributed by atoms with van der Waals surface area (Å²) in [5, 5.41) is 8.94. The molecule has 0 saturated carbocycles. The summed E-state index contributed by atoms with van der Waals surface area (Å²) in [6.07, 6.45) is 0. The van der Waals surface area contributed by atoms with Gasteiger partial charge in [-0.3, -0.25) is 0 Å². The van der Waals surface area contributed by atoms with E-state index in [2.05, 4.69) is 60.0 Å². The summed E-state index contributed by atoms with van der Waals surface area (Å²) in [5.74, 6) is 0. The fourth-order valence-electron chi connectivity index (χ4n) is 2.55. The lowest BCUT2D eigenvalue weighted by Gasteiger charge is -2.05. The van der Waals surface area contributed by atoms with Crippen molar-refractivity contribution in [1.82, 2.24) is 0 Å². The molecule has 0 N–H and O–H groups in total. The van der Waals surface area contributed by atoms with Crippen LogP contribution in [0.1, 0.15) is 0 Å². The highest BCUT2D eigenvalue weighted by Gasteiger charge is 2.05. The molecule has 0 aliphatic rings. The molecule has 0 amide bonds. The number of hydrogen-bond donors (Lipinski definition) is 0. The molecule has 4 rings (SSSR count). The lowest BCUT2D eigenvalue weighted by molar-refractivity contribution is 1.80. The molecule has 0 nitrogen and oxygen atoms in total. The number of benzene rings is 3. The lowest BCUT2D eigenvalue weighted by Crippen LogP contribution is -1.77. The average Bonchev–Trinajstić information content (AvgIpc) is 2.86. The van der Waals surface area contributed by atoms with E-state index < -0.39 is 0 Å². The minimum absolute atomic E-state index is 1.32. The van der Waals surface area contributed by atoms with Gasteiger partial charge in [0.1, 0.15) is 0 Å². The maximum absolute atomic E-state index is 2.23. The molecule has 1 heteroatoms. The maximum Gasteiger partial charge on any atom is 0.0349 e. The third-order valence-corrected chi connectivity index (χ3v) is 4.22. The summed E-state index contributed by atoms with van der Waals surface area (Å²) in [6.45, 7) is 0. The van der Waals surface area contributed by atoms with Crippen molar-refractivity contribution in [3.8, 4) is 0 Å². The first-order valence-corrected chi connectivity index (χ1v) is 6.59. The Morgan fingerprint density at radius 2 is 1.47 bits per heavy atom. The third-order valence-electron chi connectivity index (χ3n) is 3.34. The molecule has 0 radical (unpaired) electrons. The van der Waals surface area contributed by atoms with Crippen LogP contribution in [0.15, 0.2) is 60.0 Å². The van der Waals surface area contributed by atoms with Crippen LogP contribution in [0.3, 0.4) is 0 Å². The van der Waals surface area contributed by atoms with E-state index in [-0.39, 0.29) is 0 Å². The Morgan fingerprint density at radius 3 is 2.47 bits per heavy atom. The predicted molar refractivity (Wildman–Crippen MR) is 76.8 cm³/mol. The Kier molecular flexibility index (Phi) is 1.79. The van der Waals surface area contributed by atoms with Gasteiger partial charge in [-0.1, -0.05) is 42.5 Å². The summed E-state index contributed by atoms with van der Waals surface area (Å²) >= 11 is 1.81. The summed E-state index contributed by atoms with van der Waals surface area (Å²) in [5.41, 5.74) is 0. The van der Waals surface area contributed by atoms with Gasteiger partial charge in [0.25, 0.3) is 0 Å². The van der Waals surface area contributed by atoms with E-state index in [4.69, 9.17) is 0 Å². The summed E-state index contributed by atoms with van der Waals surface area (Å²) in [4.78, 5) is 0. The van der Waals surface area contributed by atoms with Gasteiger partial charge < -0.3 is 0 Å². The second-order valence-corrected chi connectivity index (χ2v) is 5.23. The topological polar surface area (TPSA) is 0 Å². The summed E-state index contributed by atoms with van der Waals surface area (Å²) in [7, 11) is 0. The molecule has 4 aromatic rings. The molecule has 0 atom stereocenters. The van der Waals surface area contributed by atoms with Crippen LogP contribution < -0.4 is 0 Å². The standard InChI is InChI=1S/C16H10S/c1-2-4-13-11(3-1)5-6-12-7-8-15-14(16(12)13)9-10-17-15/h1-10H. The Hall–Kier alpha value is -1.86. The van der Waals surface area contributed by atoms with Crippen molar-refractivity contribution in [2.75, 3.05) is 0 Å². The van der Waals surface area contributed by atoms with Crippen LogP contribution in [0, 0.1) is 0 Å². The van der Waals surface area contributed by atoms with E-state index in [9.17, 15) is 0 Å². The van der Waals surface area contributed by atoms with Crippen LogP contribution in [-0.2, 0) is 0 Å². The Morgan fingerprint density at radius 1 is 0.647 bits per heavy atom. The molecule has 0 aliphatic carbocycles. The highest BCUT2D eigenvalue weighted by Crippen LogP contribution is 2.34. The molecular weight excluding hydrogens is 224 g/mol. The normalized spacial score (nSPS) is 11.5. The molecule has 1 aromatic heterocycles. The Bertz CT molecular complexity index is 840. The van der Waals surface area contributed by atoms with Gasteiger partial charge in [-0.15, -0.1) is 11.3 Å². The highest BCUT2D eigenvalue weighted by molar-refractivity contribution is 7.17. The number of fused-ring (bicyclic) bond motifs is 5. The van der Waals surface area contributed by atoms with Crippen molar-refractivity contribution < 1.29 is 0 Å². The Labute approximate surface area is 103 Å². The van der Waals surface area contributed by atoms with Crippen LogP contribution in [0.5, 0.6) is 0 Å². The minimum atomic E-state index is 1.32. The molecule has 0 fully saturated rings. The minimum Gasteiger partial charge on any atom is -0.144 e. The fraction of sp³-hybridized carbons (Fsp3) is 0. The van der Waals surface area contributed by atoms with Crippen molar-refractivity contribution >= 4 is 43.0 Å². The first kappa shape index (κ1) is 9.20. The molecule has 0 aliphatic heterocycles. The van der Waals surface area contributed by atoms with Gasteiger partial charge in [-0.25, -0.2) is 0 Å². The van der Waals surface area contributed by atoms with Gasteiger partial charge in [0, 0.05) is 10.1 Å². The van der Waals surface area contributed by atoms with Gasteiger partial charge in [0.15, 0.2) is 0 Å². The average molecular weight is 234 g/mol. The quantitative estimate of drug-likeness (QED) is 0.366. The molecule has 3 aromatic carbocycles. The molecular formula is C16H10S. The zero-order valence-electron chi connectivity index (χ0n) is 9.18. The molecule has 80 valence electrons. The number of hydrogen-bond acceptors (Lipinski definition) is 1. The highest BCUT2D eigenvalue weighted by atomic mass is 32.1. The lowest BCUT2D eigenvalue weighted by atomic mass is 10.00. The molecule has 0 unspecified atom stereocenters. The van der Waals surface area contributed by atoms with Gasteiger partial charge in [0.05, 0.1) is 0 Å². The number of rotatable bonds is 0. The predicted octanol–water partition coefficient (Wildman–Crippen LogP) is 5.21. The molecule has 17 heavy (non-hydrogen) atoms. The van der Waals surface area contributed by atoms with E-state index in [0.717, 1.165) is 0 Å². The van der Waals surface area contributed by atoms with Crippen LogP contribution in [0.2, 0.25) is 0 Å². The monoisotopic (exact) mass is 234 g/mol. The van der Waals surface area contributed by atoms with Crippen LogP contribution in [0.4, 0.5) is 0 Å². The smallest absolute Gasteiger partial charge is 0.0349 e. The third kappa shape index (κ3) is 1.23. The fourth-order valence-corrected chi connectivity index (χ4v) is 3.34. The van der Waals surface area contributed by atoms with E-state index in [0.29, 0.717) is 0 Å². The van der Waals surface area contributed by atoms with Crippen LogP contribution in [-0.4, -0.2) is 0 Å². The molecule has 1 heterocycles. The van der Waals surface area contributed by atoms with Crippen LogP contribution in [0.25, 0.3) is 31.6 Å². The Balaban J connectivity index is 2.41. The summed E-state index contributed by atoms with van der Waals surface area (Å²) in [6, 6.07) is 19.7. The SMILES string of the molecule is c1ccc2c(c1)ccc1ccc3sccc3c12. The van der Waals surface area contributed by atoms with Crippen molar-refractivity contribution in [3.05, 3.63) is 60.0 Å². The summed E-state index contributed by atoms with van der Waals surface area (Å²) < 4.78 is 1.37. The first-order chi connectivity index (χ1) is 8.43. The zero-order chi connectivity index (χ0) is 11.2. The van der Waals surface area contributed by atoms with Crippen molar-refractivity contribution in [2.24, 2.45) is 0 Å².